The zero-order chi connectivity index (χ0) is 8.20. The van der Waals surface area contributed by atoms with Gasteiger partial charge >= 0.3 is 5.97 Å². The molecule has 0 fully saturated rings. The summed E-state index contributed by atoms with van der Waals surface area (Å²) in [5.41, 5.74) is 0. The molecule has 0 saturated carbocycles. The first kappa shape index (κ1) is 9.43. The summed E-state index contributed by atoms with van der Waals surface area (Å²) in [4.78, 5) is 8.64. The van der Waals surface area contributed by atoms with Crippen LogP contribution in [0, 0.1) is 0 Å². The van der Waals surface area contributed by atoms with E-state index >= 15 is 0 Å². The minimum absolute atomic E-state index is 0.0495. The fourth-order valence-electron chi connectivity index (χ4n) is 0.467. The summed E-state index contributed by atoms with van der Waals surface area (Å²) in [7, 11) is 6.24. The van der Waals surface area contributed by atoms with Crippen molar-refractivity contribution in [3.05, 3.63) is 0 Å². The molecule has 0 aromatic carbocycles. The molecule has 0 heterocycles. The van der Waals surface area contributed by atoms with Gasteiger partial charge in [-0.25, -0.2) is 0 Å². The molecule has 0 spiro atoms. The first-order valence-corrected chi connectivity index (χ1v) is 3.37. The van der Waals surface area contributed by atoms with Gasteiger partial charge < -0.3 is 14.0 Å². The first-order chi connectivity index (χ1) is 4.42. The molecule has 0 aliphatic carbocycles. The van der Waals surface area contributed by atoms with Gasteiger partial charge in [-0.15, -0.1) is 0 Å². The van der Waals surface area contributed by atoms with Crippen molar-refractivity contribution in [3.63, 3.8) is 0 Å². The Balaban J connectivity index is 3.29. The third-order valence-electron chi connectivity index (χ3n) is 1.07. The summed E-state index contributed by atoms with van der Waals surface area (Å²) < 4.78 is 5.73. The number of carbonyl (C=O) groups excluding carboxylic acids is 1. The Morgan fingerprint density at radius 3 is 2.20 bits per heavy atom. The predicted octanol–water partition coefficient (Wildman–Crippen LogP) is 0.231. The molecule has 0 aromatic rings. The van der Waals surface area contributed by atoms with Crippen molar-refractivity contribution in [2.24, 2.45) is 0 Å². The van der Waals surface area contributed by atoms with Crippen LogP contribution in [0.25, 0.3) is 0 Å². The van der Waals surface area contributed by atoms with Crippen molar-refractivity contribution in [3.8, 4) is 0 Å². The molecule has 0 bridgehead atoms. The van der Waals surface area contributed by atoms with E-state index in [4.69, 9.17) is 9.53 Å². The Bertz CT molecular complexity index is 115. The van der Waals surface area contributed by atoms with Crippen LogP contribution < -0.4 is 0 Å². The third-order valence-corrected chi connectivity index (χ3v) is 1.07. The number of hydrogen-bond acceptors (Lipinski definition) is 1. The molecule has 0 unspecified atom stereocenters. The molecule has 0 saturated heterocycles. The molecule has 0 aliphatic heterocycles. The van der Waals surface area contributed by atoms with Crippen LogP contribution in [0.5, 0.6) is 0 Å². The standard InChI is InChI=1S/C7H16NO2/c1-7(9)10-6-5-8(2,3)4/h5-6H2,1-4H3/q+1/p+1. The zero-order valence-electron chi connectivity index (χ0n) is 7.22. The number of ether oxygens (including phenoxy) is 1. The minimum Gasteiger partial charge on any atom is -0.339 e. The maximum Gasteiger partial charge on any atom is 0.479 e. The van der Waals surface area contributed by atoms with Crippen LogP contribution in [-0.4, -0.2) is 49.5 Å². The van der Waals surface area contributed by atoms with Gasteiger partial charge in [-0.3, -0.25) is 0 Å². The molecule has 10 heavy (non-hydrogen) atoms. The highest BCUT2D eigenvalue weighted by atomic mass is 16.5. The molecule has 1 N–H and O–H groups in total. The van der Waals surface area contributed by atoms with Crippen LogP contribution in [0.3, 0.4) is 0 Å². The van der Waals surface area contributed by atoms with Crippen LogP contribution in [0.1, 0.15) is 6.92 Å². The second-order valence-corrected chi connectivity index (χ2v) is 3.38. The van der Waals surface area contributed by atoms with Crippen molar-refractivity contribution in [2.75, 3.05) is 34.3 Å². The van der Waals surface area contributed by atoms with Crippen molar-refractivity contribution < 1.29 is 14.0 Å². The maximum absolute atomic E-state index is 8.64. The van der Waals surface area contributed by atoms with Gasteiger partial charge in [-0.05, 0) is 0 Å². The number of quaternary nitrogens is 1. The molecule has 0 aliphatic rings. The Morgan fingerprint density at radius 2 is 1.90 bits per heavy atom. The number of esters is 1. The van der Waals surface area contributed by atoms with Gasteiger partial charge in [0.05, 0.1) is 28.1 Å². The van der Waals surface area contributed by atoms with Gasteiger partial charge in [0.2, 0.25) is 6.61 Å². The summed E-state index contributed by atoms with van der Waals surface area (Å²) >= 11 is 0. The highest BCUT2D eigenvalue weighted by Crippen LogP contribution is 1.88. The second kappa shape index (κ2) is 3.56. The molecule has 0 atom stereocenters. The quantitative estimate of drug-likeness (QED) is 0.319. The molecule has 0 radical (unpaired) electrons. The Morgan fingerprint density at radius 1 is 1.40 bits per heavy atom. The van der Waals surface area contributed by atoms with Gasteiger partial charge in [0.25, 0.3) is 0 Å². The lowest BCUT2D eigenvalue weighted by Gasteiger charge is -2.21. The minimum atomic E-state index is 0.0495. The van der Waals surface area contributed by atoms with Crippen LogP contribution >= 0.6 is 0 Å². The second-order valence-electron chi connectivity index (χ2n) is 3.38. The van der Waals surface area contributed by atoms with Gasteiger partial charge in [-0.2, -0.15) is 0 Å². The van der Waals surface area contributed by atoms with Crippen LogP contribution in [-0.2, 0) is 4.74 Å². The molecule has 0 amide bonds. The number of nitrogens with zero attached hydrogens (tertiary/aromatic N) is 1. The monoisotopic (exact) mass is 147 g/mol. The highest BCUT2D eigenvalue weighted by Gasteiger charge is 2.10. The lowest BCUT2D eigenvalue weighted by Crippen LogP contribution is -2.37. The van der Waals surface area contributed by atoms with Crippen LogP contribution in [0.15, 0.2) is 0 Å². The normalized spacial score (nSPS) is 11.2. The Hall–Kier alpha value is -0.570. The van der Waals surface area contributed by atoms with E-state index in [9.17, 15) is 0 Å². The largest absolute Gasteiger partial charge is 0.479 e. The van der Waals surface area contributed by atoms with Gasteiger partial charge in [0.1, 0.15) is 6.54 Å². The predicted molar refractivity (Wildman–Crippen MR) is 41.5 cm³/mol. The molecule has 3 nitrogen and oxygen atoms in total. The summed E-state index contributed by atoms with van der Waals surface area (Å²) in [6, 6.07) is 0. The van der Waals surface area contributed by atoms with Crippen molar-refractivity contribution in [1.29, 1.82) is 0 Å². The number of hydrogen-bond donors (Lipinski definition) is 0. The summed E-state index contributed by atoms with van der Waals surface area (Å²) in [5, 5.41) is 0. The molecular formula is C7H17NO2+2. The van der Waals surface area contributed by atoms with Crippen molar-refractivity contribution in [2.45, 2.75) is 6.92 Å². The van der Waals surface area contributed by atoms with E-state index in [1.165, 1.54) is 6.92 Å². The summed E-state index contributed by atoms with van der Waals surface area (Å²) in [6.45, 7) is 3.01. The van der Waals surface area contributed by atoms with Gasteiger partial charge in [-0.1, -0.05) is 0 Å². The fourth-order valence-corrected chi connectivity index (χ4v) is 0.467. The summed E-state index contributed by atoms with van der Waals surface area (Å²) in [6.07, 6.45) is 0. The molecule has 60 valence electrons. The number of likely N-dealkylation sites (N-methyl/N-ethyl adjacent to an activating group) is 1. The van der Waals surface area contributed by atoms with E-state index in [0.717, 1.165) is 11.0 Å². The first-order valence-electron chi connectivity index (χ1n) is 3.37. The smallest absolute Gasteiger partial charge is 0.339 e. The molecular weight excluding hydrogens is 130 g/mol. The van der Waals surface area contributed by atoms with Crippen molar-refractivity contribution >= 4 is 5.97 Å². The molecule has 0 rings (SSSR count). The van der Waals surface area contributed by atoms with E-state index in [-0.39, 0.29) is 5.97 Å². The maximum atomic E-state index is 8.64. The fraction of sp³-hybridized carbons (Fsp3) is 0.857. The lowest BCUT2D eigenvalue weighted by molar-refractivity contribution is -0.870. The number of rotatable bonds is 3. The topological polar surface area (TPSA) is 30.6 Å². The van der Waals surface area contributed by atoms with Crippen molar-refractivity contribution in [1.82, 2.24) is 0 Å². The van der Waals surface area contributed by atoms with E-state index < -0.39 is 0 Å². The lowest BCUT2D eigenvalue weighted by atomic mass is 10.5. The van der Waals surface area contributed by atoms with E-state index in [2.05, 4.69) is 21.1 Å². The average Bonchev–Trinajstić information content (AvgIpc) is 1.59. The van der Waals surface area contributed by atoms with Crippen LogP contribution in [0.4, 0.5) is 0 Å². The molecule has 3 heteroatoms. The van der Waals surface area contributed by atoms with E-state index in [1.807, 2.05) is 0 Å². The van der Waals surface area contributed by atoms with Crippen LogP contribution in [0.2, 0.25) is 0 Å². The highest BCUT2D eigenvalue weighted by molar-refractivity contribution is 5.67. The molecule has 0 aromatic heterocycles. The van der Waals surface area contributed by atoms with Gasteiger partial charge in [0.15, 0.2) is 0 Å². The zero-order valence-corrected chi connectivity index (χ0v) is 7.22. The van der Waals surface area contributed by atoms with E-state index in [1.54, 1.807) is 0 Å². The Kier molecular flexibility index (Phi) is 3.36. The Labute approximate surface area is 62.2 Å². The average molecular weight is 147 g/mol. The SMILES string of the molecule is CC(=[OH+])OCC[N+](C)(C)C. The third kappa shape index (κ3) is 7.43. The summed E-state index contributed by atoms with van der Waals surface area (Å²) in [5.74, 6) is 0.0495. The van der Waals surface area contributed by atoms with E-state index in [0.29, 0.717) is 6.61 Å². The van der Waals surface area contributed by atoms with Gasteiger partial charge in [0, 0.05) is 0 Å².